The number of H-pyrrole nitrogens is 1. The summed E-state index contributed by atoms with van der Waals surface area (Å²) in [6.07, 6.45) is 0.579. The molecule has 2 rings (SSSR count). The molecule has 0 saturated carbocycles. The fourth-order valence-corrected chi connectivity index (χ4v) is 2.78. The Morgan fingerprint density at radius 1 is 1.43 bits per heavy atom. The van der Waals surface area contributed by atoms with Crippen LogP contribution >= 0.6 is 11.8 Å². The van der Waals surface area contributed by atoms with Gasteiger partial charge < -0.3 is 15.4 Å². The van der Waals surface area contributed by atoms with E-state index in [9.17, 15) is 4.79 Å². The minimum Gasteiger partial charge on any atom is -0.396 e. The van der Waals surface area contributed by atoms with Gasteiger partial charge in [0.05, 0.1) is 22.0 Å². The summed E-state index contributed by atoms with van der Waals surface area (Å²) in [7, 11) is 0. The molecule has 0 aliphatic heterocycles. The first-order valence-corrected chi connectivity index (χ1v) is 8.11. The highest BCUT2D eigenvalue weighted by atomic mass is 32.2. The van der Waals surface area contributed by atoms with Crippen molar-refractivity contribution in [2.75, 3.05) is 12.4 Å². The highest BCUT2D eigenvalue weighted by molar-refractivity contribution is 8.00. The first kappa shape index (κ1) is 15.9. The number of imidazole rings is 1. The molecule has 21 heavy (non-hydrogen) atoms. The second-order valence-corrected chi connectivity index (χ2v) is 6.40. The highest BCUT2D eigenvalue weighted by Crippen LogP contribution is 2.27. The predicted molar refractivity (Wildman–Crippen MR) is 86.3 cm³/mol. The monoisotopic (exact) mass is 307 g/mol. The van der Waals surface area contributed by atoms with E-state index < -0.39 is 0 Å². The van der Waals surface area contributed by atoms with E-state index in [-0.39, 0.29) is 23.8 Å². The van der Waals surface area contributed by atoms with Crippen molar-refractivity contribution in [2.24, 2.45) is 0 Å². The molecule has 0 fully saturated rings. The lowest BCUT2D eigenvalue weighted by Crippen LogP contribution is -2.34. The maximum Gasteiger partial charge on any atom is 0.230 e. The molecule has 6 heteroatoms. The number of nitrogens with one attached hydrogen (secondary N) is 2. The fraction of sp³-hybridized carbons (Fsp3) is 0.467. The molecule has 2 atom stereocenters. The maximum atomic E-state index is 11.8. The first-order chi connectivity index (χ1) is 10.1. The van der Waals surface area contributed by atoms with Crippen LogP contribution in [0.25, 0.3) is 11.0 Å². The van der Waals surface area contributed by atoms with E-state index in [1.807, 2.05) is 38.1 Å². The van der Waals surface area contributed by atoms with Gasteiger partial charge in [-0.3, -0.25) is 4.79 Å². The molecule has 0 saturated heterocycles. The number of carbonyl (C=O) groups excluding carboxylic acids is 1. The number of aliphatic hydroxyl groups is 1. The van der Waals surface area contributed by atoms with Crippen molar-refractivity contribution in [3.63, 3.8) is 0 Å². The molecule has 0 radical (unpaired) electrons. The average molecular weight is 307 g/mol. The van der Waals surface area contributed by atoms with Crippen LogP contribution in [0, 0.1) is 0 Å². The molecule has 0 spiro atoms. The van der Waals surface area contributed by atoms with Gasteiger partial charge in [0, 0.05) is 12.6 Å². The third-order valence-corrected chi connectivity index (χ3v) is 4.38. The van der Waals surface area contributed by atoms with Gasteiger partial charge in [-0.2, -0.15) is 0 Å². The summed E-state index contributed by atoms with van der Waals surface area (Å²) >= 11 is 1.54. The summed E-state index contributed by atoms with van der Waals surface area (Å²) in [6, 6.07) is 7.89. The fourth-order valence-electron chi connectivity index (χ4n) is 2.03. The Bertz CT molecular complexity index is 566. The molecule has 1 amide bonds. The van der Waals surface area contributed by atoms with Crippen molar-refractivity contribution in [3.8, 4) is 0 Å². The Hall–Kier alpha value is -1.53. The van der Waals surface area contributed by atoms with Gasteiger partial charge in [0.15, 0.2) is 0 Å². The lowest BCUT2D eigenvalue weighted by Gasteiger charge is -2.13. The minimum absolute atomic E-state index is 0.00427. The van der Waals surface area contributed by atoms with Crippen LogP contribution in [0.15, 0.2) is 24.3 Å². The standard InChI is InChI=1S/C15H21N3O2S/c1-10(7-8-19)16-14(20)9-21-11(2)15-17-12-5-3-4-6-13(12)18-15/h3-6,10-11,19H,7-9H2,1-2H3,(H,16,20)(H,17,18). The number of hydrogen-bond donors (Lipinski definition) is 3. The van der Waals surface area contributed by atoms with Crippen LogP contribution in [0.2, 0.25) is 0 Å². The average Bonchev–Trinajstić information content (AvgIpc) is 2.89. The summed E-state index contributed by atoms with van der Waals surface area (Å²) in [5.74, 6) is 1.26. The van der Waals surface area contributed by atoms with E-state index in [2.05, 4.69) is 15.3 Å². The number of para-hydroxylation sites is 2. The molecule has 0 aliphatic carbocycles. The molecule has 2 aromatic rings. The second-order valence-electron chi connectivity index (χ2n) is 5.07. The number of aliphatic hydroxyl groups excluding tert-OH is 1. The Kier molecular flexibility index (Phi) is 5.64. The van der Waals surface area contributed by atoms with E-state index in [4.69, 9.17) is 5.11 Å². The van der Waals surface area contributed by atoms with E-state index >= 15 is 0 Å². The number of hydrogen-bond acceptors (Lipinski definition) is 4. The minimum atomic E-state index is -0.0103. The number of aromatic amines is 1. The summed E-state index contributed by atoms with van der Waals surface area (Å²) < 4.78 is 0. The van der Waals surface area contributed by atoms with E-state index in [0.29, 0.717) is 12.2 Å². The summed E-state index contributed by atoms with van der Waals surface area (Å²) in [4.78, 5) is 19.6. The summed E-state index contributed by atoms with van der Waals surface area (Å²) in [5, 5.41) is 11.8. The van der Waals surface area contributed by atoms with Crippen LogP contribution in [-0.4, -0.2) is 39.4 Å². The predicted octanol–water partition coefficient (Wildman–Crippen LogP) is 2.24. The third kappa shape index (κ3) is 4.47. The Labute approximate surface area is 128 Å². The molecule has 0 bridgehead atoms. The van der Waals surface area contributed by atoms with Crippen LogP contribution in [0.5, 0.6) is 0 Å². The van der Waals surface area contributed by atoms with Crippen LogP contribution < -0.4 is 5.32 Å². The Morgan fingerprint density at radius 3 is 2.90 bits per heavy atom. The van der Waals surface area contributed by atoms with Crippen LogP contribution in [0.4, 0.5) is 0 Å². The molecule has 1 aromatic heterocycles. The zero-order chi connectivity index (χ0) is 15.2. The van der Waals surface area contributed by atoms with Crippen LogP contribution in [0.1, 0.15) is 31.3 Å². The Morgan fingerprint density at radius 2 is 2.19 bits per heavy atom. The number of rotatable bonds is 7. The van der Waals surface area contributed by atoms with Crippen molar-refractivity contribution >= 4 is 28.7 Å². The molecule has 1 heterocycles. The van der Waals surface area contributed by atoms with Crippen molar-refractivity contribution in [1.82, 2.24) is 15.3 Å². The smallest absolute Gasteiger partial charge is 0.230 e. The van der Waals surface area contributed by atoms with Crippen molar-refractivity contribution < 1.29 is 9.90 Å². The lowest BCUT2D eigenvalue weighted by molar-refractivity contribution is -0.119. The number of carbonyl (C=O) groups is 1. The molecule has 1 aromatic carbocycles. The number of nitrogens with zero attached hydrogens (tertiary/aromatic N) is 1. The van der Waals surface area contributed by atoms with Gasteiger partial charge in [0.2, 0.25) is 5.91 Å². The van der Waals surface area contributed by atoms with Crippen molar-refractivity contribution in [1.29, 1.82) is 0 Å². The van der Waals surface area contributed by atoms with Gasteiger partial charge in [-0.25, -0.2) is 4.98 Å². The zero-order valence-corrected chi connectivity index (χ0v) is 13.1. The molecule has 0 aliphatic rings. The second kappa shape index (κ2) is 7.47. The number of aromatic nitrogens is 2. The van der Waals surface area contributed by atoms with Crippen molar-refractivity contribution in [2.45, 2.75) is 31.6 Å². The molecule has 114 valence electrons. The third-order valence-electron chi connectivity index (χ3n) is 3.23. The van der Waals surface area contributed by atoms with Gasteiger partial charge in [-0.1, -0.05) is 12.1 Å². The molecular weight excluding hydrogens is 286 g/mol. The normalized spacial score (nSPS) is 14.0. The van der Waals surface area contributed by atoms with E-state index in [1.54, 1.807) is 11.8 Å². The number of amides is 1. The van der Waals surface area contributed by atoms with Gasteiger partial charge in [0.25, 0.3) is 0 Å². The maximum absolute atomic E-state index is 11.8. The van der Waals surface area contributed by atoms with Gasteiger partial charge in [-0.05, 0) is 32.4 Å². The lowest BCUT2D eigenvalue weighted by atomic mass is 10.2. The number of fused-ring (bicyclic) bond motifs is 1. The van der Waals surface area contributed by atoms with E-state index in [1.165, 1.54) is 0 Å². The van der Waals surface area contributed by atoms with Crippen LogP contribution in [-0.2, 0) is 4.79 Å². The van der Waals surface area contributed by atoms with Gasteiger partial charge >= 0.3 is 0 Å². The molecule has 5 nitrogen and oxygen atoms in total. The first-order valence-electron chi connectivity index (χ1n) is 7.06. The van der Waals surface area contributed by atoms with Crippen LogP contribution in [0.3, 0.4) is 0 Å². The zero-order valence-electron chi connectivity index (χ0n) is 12.3. The van der Waals surface area contributed by atoms with E-state index in [0.717, 1.165) is 16.9 Å². The molecule has 2 unspecified atom stereocenters. The number of thioether (sulfide) groups is 1. The molecular formula is C15H21N3O2S. The molecule has 3 N–H and O–H groups in total. The van der Waals surface area contributed by atoms with Gasteiger partial charge in [0.1, 0.15) is 5.82 Å². The SMILES string of the molecule is CC(CCO)NC(=O)CSC(C)c1nc2ccccc2[nH]1. The largest absolute Gasteiger partial charge is 0.396 e. The topological polar surface area (TPSA) is 78.0 Å². The van der Waals surface area contributed by atoms with Crippen molar-refractivity contribution in [3.05, 3.63) is 30.1 Å². The highest BCUT2D eigenvalue weighted by Gasteiger charge is 2.14. The summed E-state index contributed by atoms with van der Waals surface area (Å²) in [6.45, 7) is 4.01. The number of benzene rings is 1. The Balaban J connectivity index is 1.86. The quantitative estimate of drug-likeness (QED) is 0.733. The summed E-state index contributed by atoms with van der Waals surface area (Å²) in [5.41, 5.74) is 1.96. The van der Waals surface area contributed by atoms with Gasteiger partial charge in [-0.15, -0.1) is 11.8 Å².